The van der Waals surface area contributed by atoms with E-state index >= 15 is 0 Å². The first-order valence-corrected chi connectivity index (χ1v) is 10.7. The molecule has 7 nitrogen and oxygen atoms in total. The molecule has 0 aromatic carbocycles. The topological polar surface area (TPSA) is 82.6 Å². The number of unbranched alkanes of at least 4 members (excludes halogenated alkanes) is 1. The van der Waals surface area contributed by atoms with Crippen molar-refractivity contribution in [2.45, 2.75) is 46.1 Å². The highest BCUT2D eigenvalue weighted by molar-refractivity contribution is 5.64. The fraction of sp³-hybridized carbons (Fsp3) is 0.333. The van der Waals surface area contributed by atoms with Crippen LogP contribution in [0, 0.1) is 17.8 Å². The van der Waals surface area contributed by atoms with E-state index < -0.39 is 5.95 Å². The van der Waals surface area contributed by atoms with Crippen molar-refractivity contribution in [3.63, 3.8) is 0 Å². The van der Waals surface area contributed by atoms with Crippen molar-refractivity contribution >= 4 is 23.5 Å². The Morgan fingerprint density at radius 3 is 2.88 bits per heavy atom. The number of H-pyrrole nitrogens is 1. The molecule has 0 radical (unpaired) electrons. The second-order valence-corrected chi connectivity index (χ2v) is 7.29. The van der Waals surface area contributed by atoms with E-state index in [0.717, 1.165) is 25.0 Å². The predicted octanol–water partition coefficient (Wildman–Crippen LogP) is 5.25. The molecule has 0 aliphatic rings. The van der Waals surface area contributed by atoms with E-state index in [1.807, 2.05) is 37.1 Å². The van der Waals surface area contributed by atoms with E-state index in [1.165, 1.54) is 6.20 Å². The van der Waals surface area contributed by atoms with Gasteiger partial charge in [-0.2, -0.15) is 9.49 Å². The highest BCUT2D eigenvalue weighted by atomic mass is 19.1. The van der Waals surface area contributed by atoms with Crippen LogP contribution in [-0.2, 0) is 0 Å². The van der Waals surface area contributed by atoms with Crippen molar-refractivity contribution in [1.82, 2.24) is 25.1 Å². The van der Waals surface area contributed by atoms with Crippen molar-refractivity contribution in [3.05, 3.63) is 59.6 Å². The van der Waals surface area contributed by atoms with Crippen LogP contribution in [-0.4, -0.2) is 32.2 Å². The Balaban J connectivity index is 1.89. The molecule has 0 amide bonds. The van der Waals surface area contributed by atoms with Crippen LogP contribution in [0.5, 0.6) is 0 Å². The number of halogens is 1. The van der Waals surface area contributed by atoms with Gasteiger partial charge in [-0.25, -0.2) is 15.0 Å². The molecule has 3 rings (SSSR count). The summed E-state index contributed by atoms with van der Waals surface area (Å²) in [5.74, 6) is 7.38. The number of rotatable bonds is 8. The SMILES string of the molecule is CC/C=C/c1ncc(Nc2cc(C#CCCC)[nH]n2)nc1N(C)C(C)c1cccnc1F. The number of hydrogen-bond donors (Lipinski definition) is 2. The summed E-state index contributed by atoms with van der Waals surface area (Å²) >= 11 is 0. The van der Waals surface area contributed by atoms with Crippen molar-refractivity contribution in [2.24, 2.45) is 0 Å². The Labute approximate surface area is 188 Å². The molecular weight excluding hydrogens is 405 g/mol. The first-order chi connectivity index (χ1) is 15.5. The van der Waals surface area contributed by atoms with Gasteiger partial charge in [0.1, 0.15) is 11.4 Å². The lowest BCUT2D eigenvalue weighted by Crippen LogP contribution is -2.25. The molecule has 0 saturated heterocycles. The zero-order valence-corrected chi connectivity index (χ0v) is 18.9. The second-order valence-electron chi connectivity index (χ2n) is 7.29. The largest absolute Gasteiger partial charge is 0.351 e. The molecule has 8 heteroatoms. The van der Waals surface area contributed by atoms with Crippen molar-refractivity contribution in [1.29, 1.82) is 0 Å². The monoisotopic (exact) mass is 433 g/mol. The number of nitrogens with one attached hydrogen (secondary N) is 2. The second kappa shape index (κ2) is 11.0. The van der Waals surface area contributed by atoms with Gasteiger partial charge in [0.25, 0.3) is 0 Å². The van der Waals surface area contributed by atoms with E-state index in [4.69, 9.17) is 4.98 Å². The number of pyridine rings is 1. The maximum absolute atomic E-state index is 14.3. The minimum Gasteiger partial charge on any atom is -0.351 e. The minimum atomic E-state index is -0.493. The molecule has 0 aliphatic heterocycles. The standard InChI is InChI=1S/C24H28FN7/c1-5-7-9-11-18-15-21(31-30-18)28-22-16-27-20(13-8-6-2)24(29-22)32(4)17(3)19-12-10-14-26-23(19)25/h8,10,12-17H,5-7H2,1-4H3,(H2,28,29,30,31)/b13-8+. The number of aromatic nitrogens is 5. The molecule has 166 valence electrons. The van der Waals surface area contributed by atoms with Gasteiger partial charge >= 0.3 is 0 Å². The highest BCUT2D eigenvalue weighted by Gasteiger charge is 2.20. The van der Waals surface area contributed by atoms with Gasteiger partial charge in [0.05, 0.1) is 12.2 Å². The number of hydrogen-bond acceptors (Lipinski definition) is 6. The summed E-state index contributed by atoms with van der Waals surface area (Å²) in [6.07, 6.45) is 9.75. The van der Waals surface area contributed by atoms with E-state index in [9.17, 15) is 4.39 Å². The smallest absolute Gasteiger partial charge is 0.218 e. The van der Waals surface area contributed by atoms with Crippen LogP contribution in [0.15, 0.2) is 36.7 Å². The van der Waals surface area contributed by atoms with Gasteiger partial charge in [-0.15, -0.1) is 0 Å². The van der Waals surface area contributed by atoms with E-state index in [1.54, 1.807) is 18.3 Å². The van der Waals surface area contributed by atoms with Crippen molar-refractivity contribution in [3.8, 4) is 11.8 Å². The fourth-order valence-corrected chi connectivity index (χ4v) is 3.02. The summed E-state index contributed by atoms with van der Waals surface area (Å²) in [5, 5.41) is 10.3. The molecule has 0 aliphatic carbocycles. The zero-order valence-electron chi connectivity index (χ0n) is 18.9. The fourth-order valence-electron chi connectivity index (χ4n) is 3.02. The molecule has 32 heavy (non-hydrogen) atoms. The Morgan fingerprint density at radius 2 is 2.12 bits per heavy atom. The van der Waals surface area contributed by atoms with Gasteiger partial charge in [-0.05, 0) is 37.8 Å². The van der Waals surface area contributed by atoms with Gasteiger partial charge in [-0.3, -0.25) is 5.10 Å². The summed E-state index contributed by atoms with van der Waals surface area (Å²) in [5.41, 5.74) is 1.92. The third-order valence-corrected chi connectivity index (χ3v) is 4.88. The third-order valence-electron chi connectivity index (χ3n) is 4.88. The summed E-state index contributed by atoms with van der Waals surface area (Å²) in [4.78, 5) is 15.0. The highest BCUT2D eigenvalue weighted by Crippen LogP contribution is 2.29. The molecule has 1 unspecified atom stereocenters. The Hall–Kier alpha value is -3.73. The Kier molecular flexibility index (Phi) is 7.92. The lowest BCUT2D eigenvalue weighted by molar-refractivity contribution is 0.546. The molecular formula is C24H28FN7. The van der Waals surface area contributed by atoms with E-state index in [-0.39, 0.29) is 6.04 Å². The van der Waals surface area contributed by atoms with Gasteiger partial charge in [0.2, 0.25) is 5.95 Å². The van der Waals surface area contributed by atoms with Crippen molar-refractivity contribution in [2.75, 3.05) is 17.3 Å². The molecule has 3 aromatic heterocycles. The van der Waals surface area contributed by atoms with Crippen LogP contribution < -0.4 is 10.2 Å². The molecule has 0 spiro atoms. The van der Waals surface area contributed by atoms with Crippen LogP contribution in [0.2, 0.25) is 0 Å². The molecule has 0 fully saturated rings. The maximum Gasteiger partial charge on any atom is 0.218 e. The number of allylic oxidation sites excluding steroid dienone is 1. The molecule has 0 saturated carbocycles. The summed E-state index contributed by atoms with van der Waals surface area (Å²) in [7, 11) is 1.87. The minimum absolute atomic E-state index is 0.298. The Bertz CT molecular complexity index is 1130. The normalized spacial score (nSPS) is 11.8. The molecule has 2 N–H and O–H groups in total. The van der Waals surface area contributed by atoms with Crippen LogP contribution in [0.25, 0.3) is 6.08 Å². The molecule has 3 aromatic rings. The predicted molar refractivity (Wildman–Crippen MR) is 126 cm³/mol. The third kappa shape index (κ3) is 5.70. The maximum atomic E-state index is 14.3. The van der Waals surface area contributed by atoms with Crippen LogP contribution >= 0.6 is 0 Å². The average Bonchev–Trinajstić information content (AvgIpc) is 3.24. The van der Waals surface area contributed by atoms with Gasteiger partial charge < -0.3 is 10.2 Å². The first kappa shape index (κ1) is 22.9. The molecule has 0 bridgehead atoms. The van der Waals surface area contributed by atoms with E-state index in [0.29, 0.717) is 28.7 Å². The van der Waals surface area contributed by atoms with Crippen LogP contribution in [0.3, 0.4) is 0 Å². The van der Waals surface area contributed by atoms with Crippen molar-refractivity contribution < 1.29 is 4.39 Å². The van der Waals surface area contributed by atoms with Crippen LogP contribution in [0.1, 0.15) is 63.0 Å². The van der Waals surface area contributed by atoms with E-state index in [2.05, 4.69) is 51.2 Å². The quantitative estimate of drug-likeness (QED) is 0.373. The lowest BCUT2D eigenvalue weighted by Gasteiger charge is -2.27. The van der Waals surface area contributed by atoms with Gasteiger partial charge in [-0.1, -0.05) is 31.9 Å². The zero-order chi connectivity index (χ0) is 22.9. The molecule has 3 heterocycles. The number of anilines is 3. The summed E-state index contributed by atoms with van der Waals surface area (Å²) in [6.45, 7) is 6.05. The van der Waals surface area contributed by atoms with Gasteiger partial charge in [0, 0.05) is 31.3 Å². The average molecular weight is 434 g/mol. The summed E-state index contributed by atoms with van der Waals surface area (Å²) in [6, 6.07) is 4.98. The number of nitrogens with zero attached hydrogens (tertiary/aromatic N) is 5. The lowest BCUT2D eigenvalue weighted by atomic mass is 10.1. The molecule has 1 atom stereocenters. The Morgan fingerprint density at radius 1 is 1.28 bits per heavy atom. The van der Waals surface area contributed by atoms with Gasteiger partial charge in [0.15, 0.2) is 17.5 Å². The number of aromatic amines is 1. The summed E-state index contributed by atoms with van der Waals surface area (Å²) < 4.78 is 14.3. The van der Waals surface area contributed by atoms with Crippen LogP contribution in [0.4, 0.5) is 21.8 Å². The first-order valence-electron chi connectivity index (χ1n) is 10.7.